The third-order valence-electron chi connectivity index (χ3n) is 7.24. The molecule has 1 saturated heterocycles. The van der Waals surface area contributed by atoms with Gasteiger partial charge in [0.1, 0.15) is 24.7 Å². The van der Waals surface area contributed by atoms with Gasteiger partial charge in [-0.25, -0.2) is 5.43 Å². The van der Waals surface area contributed by atoms with Gasteiger partial charge in [0.05, 0.1) is 6.10 Å². The molecule has 0 radical (unpaired) electrons. The molecule has 3 amide bonds. The molecule has 0 saturated carbocycles. The second-order valence-electron chi connectivity index (χ2n) is 11.4. The van der Waals surface area contributed by atoms with Crippen LogP contribution < -0.4 is 16.1 Å². The lowest BCUT2D eigenvalue weighted by Gasteiger charge is -2.34. The number of aromatic nitrogens is 1. The minimum absolute atomic E-state index is 0.113. The maximum absolute atomic E-state index is 13.1. The van der Waals surface area contributed by atoms with E-state index in [1.54, 1.807) is 27.0 Å². The second kappa shape index (κ2) is 16.6. The number of amides is 3. The molecule has 4 N–H and O–H groups in total. The Morgan fingerprint density at radius 3 is 2.44 bits per heavy atom. The fourth-order valence-corrected chi connectivity index (χ4v) is 4.87. The summed E-state index contributed by atoms with van der Waals surface area (Å²) >= 11 is 16.9. The van der Waals surface area contributed by atoms with Crippen molar-refractivity contribution in [1.82, 2.24) is 26.1 Å². The van der Waals surface area contributed by atoms with Crippen molar-refractivity contribution >= 4 is 58.5 Å². The number of carbonyl (C=O) groups is 4. The van der Waals surface area contributed by atoms with E-state index in [2.05, 4.69) is 21.0 Å². The second-order valence-corrected chi connectivity index (χ2v) is 13.9. The number of hydrazine groups is 1. The Balaban J connectivity index is 1.50. The number of alkyl halides is 3. The number of halogens is 3. The number of hydrogen-bond donors (Lipinski definition) is 4. The third-order valence-corrected chi connectivity index (χ3v) is 7.57. The molecule has 1 fully saturated rings. The van der Waals surface area contributed by atoms with Crippen LogP contribution >= 0.6 is 34.8 Å². The van der Waals surface area contributed by atoms with Crippen molar-refractivity contribution in [1.29, 1.82) is 0 Å². The monoisotopic (exact) mass is 683 g/mol. The molecule has 11 nitrogen and oxygen atoms in total. The summed E-state index contributed by atoms with van der Waals surface area (Å²) in [6.45, 7) is 6.72. The van der Waals surface area contributed by atoms with Crippen LogP contribution in [-0.2, 0) is 30.3 Å². The number of aliphatic hydroxyl groups excluding tert-OH is 1. The molecule has 3 rings (SSSR count). The predicted octanol–water partition coefficient (Wildman–Crippen LogP) is 3.79. The number of aliphatic hydroxyl groups is 1. The number of pyridine rings is 1. The van der Waals surface area contributed by atoms with E-state index in [1.807, 2.05) is 36.4 Å². The Bertz CT molecular complexity index is 1340. The molecule has 1 aliphatic heterocycles. The molecule has 14 heteroatoms. The maximum Gasteiger partial charge on any atom is 0.325 e. The first kappa shape index (κ1) is 36.5. The molecule has 1 aromatic heterocycles. The van der Waals surface area contributed by atoms with Gasteiger partial charge in [0.25, 0.3) is 5.91 Å². The smallest absolute Gasteiger partial charge is 0.325 e. The van der Waals surface area contributed by atoms with Gasteiger partial charge in [-0.05, 0) is 62.3 Å². The quantitative estimate of drug-likeness (QED) is 0.195. The first-order valence-electron chi connectivity index (χ1n) is 14.8. The SMILES string of the molecule is CC(C)[C@H](NC(=O)CCc1ccc(-c2cccc([C@@H](C)O)c2)cn1)C(=O)N[C@@H](C)C(=O)N1CCC[C@@H](C(=O)OCC(Cl)(Cl)Cl)N1. The molecule has 0 spiro atoms. The van der Waals surface area contributed by atoms with Gasteiger partial charge in [0.15, 0.2) is 0 Å². The molecule has 0 aliphatic carbocycles. The number of hydrogen-bond acceptors (Lipinski definition) is 8. The van der Waals surface area contributed by atoms with E-state index in [-0.39, 0.29) is 18.2 Å². The Kier molecular flexibility index (Phi) is 13.4. The van der Waals surface area contributed by atoms with Crippen molar-refractivity contribution in [2.45, 2.75) is 81.4 Å². The molecule has 1 aliphatic rings. The molecule has 1 aromatic carbocycles. The molecule has 45 heavy (non-hydrogen) atoms. The summed E-state index contributed by atoms with van der Waals surface area (Å²) in [4.78, 5) is 55.8. The molecule has 2 aromatic rings. The van der Waals surface area contributed by atoms with Crippen LogP contribution in [0.15, 0.2) is 42.6 Å². The molecule has 246 valence electrons. The normalized spacial score (nSPS) is 17.3. The largest absolute Gasteiger partial charge is 0.460 e. The zero-order valence-corrected chi connectivity index (χ0v) is 28.0. The van der Waals surface area contributed by atoms with Crippen LogP contribution in [0.2, 0.25) is 0 Å². The highest BCUT2D eigenvalue weighted by Gasteiger charge is 2.34. The van der Waals surface area contributed by atoms with Crippen LogP contribution in [0.3, 0.4) is 0 Å². The zero-order valence-electron chi connectivity index (χ0n) is 25.7. The van der Waals surface area contributed by atoms with Gasteiger partial charge >= 0.3 is 5.97 Å². The van der Waals surface area contributed by atoms with Crippen molar-refractivity contribution in [3.8, 4) is 11.1 Å². The average Bonchev–Trinajstić information content (AvgIpc) is 3.00. The lowest BCUT2D eigenvalue weighted by Crippen LogP contribution is -2.61. The van der Waals surface area contributed by atoms with E-state index in [0.717, 1.165) is 16.7 Å². The summed E-state index contributed by atoms with van der Waals surface area (Å²) in [7, 11) is 0. The Labute approximate surface area is 278 Å². The van der Waals surface area contributed by atoms with Crippen molar-refractivity contribution in [2.75, 3.05) is 13.2 Å². The van der Waals surface area contributed by atoms with Crippen molar-refractivity contribution in [3.63, 3.8) is 0 Å². The number of benzene rings is 1. The maximum atomic E-state index is 13.1. The van der Waals surface area contributed by atoms with Gasteiger partial charge in [-0.2, -0.15) is 0 Å². The summed E-state index contributed by atoms with van der Waals surface area (Å²) < 4.78 is 3.27. The Hall–Kier alpha value is -2.96. The van der Waals surface area contributed by atoms with Gasteiger partial charge in [-0.3, -0.25) is 29.2 Å². The third kappa shape index (κ3) is 11.4. The molecular weight excluding hydrogens is 645 g/mol. The minimum atomic E-state index is -1.75. The highest BCUT2D eigenvalue weighted by Crippen LogP contribution is 2.26. The number of esters is 1. The van der Waals surface area contributed by atoms with Crippen molar-refractivity contribution in [3.05, 3.63) is 53.9 Å². The van der Waals surface area contributed by atoms with Crippen LogP contribution in [0, 0.1) is 5.92 Å². The fraction of sp³-hybridized carbons (Fsp3) is 0.516. The Morgan fingerprint density at radius 1 is 1.09 bits per heavy atom. The van der Waals surface area contributed by atoms with Crippen LogP contribution in [0.4, 0.5) is 0 Å². The predicted molar refractivity (Wildman–Crippen MR) is 172 cm³/mol. The summed E-state index contributed by atoms with van der Waals surface area (Å²) in [5.41, 5.74) is 6.17. The van der Waals surface area contributed by atoms with E-state index in [0.29, 0.717) is 31.5 Å². The number of nitrogens with one attached hydrogen (secondary N) is 3. The van der Waals surface area contributed by atoms with Crippen LogP contribution in [0.1, 0.15) is 64.3 Å². The van der Waals surface area contributed by atoms with E-state index in [4.69, 9.17) is 39.5 Å². The van der Waals surface area contributed by atoms with Gasteiger partial charge in [-0.1, -0.05) is 72.9 Å². The zero-order chi connectivity index (χ0) is 33.3. The molecule has 4 atom stereocenters. The van der Waals surface area contributed by atoms with E-state index in [9.17, 15) is 24.3 Å². The average molecular weight is 685 g/mol. The molecule has 0 unspecified atom stereocenters. The van der Waals surface area contributed by atoms with E-state index in [1.165, 1.54) is 11.9 Å². The van der Waals surface area contributed by atoms with Gasteiger partial charge in [-0.15, -0.1) is 0 Å². The highest BCUT2D eigenvalue weighted by atomic mass is 35.6. The van der Waals surface area contributed by atoms with Crippen LogP contribution in [0.25, 0.3) is 11.1 Å². The summed E-state index contributed by atoms with van der Waals surface area (Å²) in [5, 5.41) is 16.6. The standard InChI is InChI=1S/C31H40Cl3N5O6/c1-18(2)27(28(42)36-19(3)29(43)39-14-6-9-25(38-39)30(44)45-17-31(32,33)34)37-26(41)13-12-24-11-10-23(16-35-24)22-8-5-7-21(15-22)20(4)40/h5,7-8,10-11,15-16,18-20,25,27,38,40H,6,9,12-14,17H2,1-4H3,(H,36,42)(H,37,41)/t19-,20+,25-,27-/m0/s1. The minimum Gasteiger partial charge on any atom is -0.460 e. The molecule has 0 bridgehead atoms. The summed E-state index contributed by atoms with van der Waals surface area (Å²) in [5.74, 6) is -2.20. The lowest BCUT2D eigenvalue weighted by molar-refractivity contribution is -0.152. The van der Waals surface area contributed by atoms with Crippen LogP contribution in [0.5, 0.6) is 0 Å². The van der Waals surface area contributed by atoms with Crippen molar-refractivity contribution in [2.24, 2.45) is 5.92 Å². The number of ether oxygens (including phenoxy) is 1. The van der Waals surface area contributed by atoms with Crippen LogP contribution in [-0.4, -0.2) is 73.9 Å². The van der Waals surface area contributed by atoms with E-state index >= 15 is 0 Å². The first-order chi connectivity index (χ1) is 21.1. The Morgan fingerprint density at radius 2 is 1.82 bits per heavy atom. The number of aryl methyl sites for hydroxylation is 1. The number of nitrogens with zero attached hydrogens (tertiary/aromatic N) is 2. The highest BCUT2D eigenvalue weighted by molar-refractivity contribution is 6.67. The molecular formula is C31H40Cl3N5O6. The first-order valence-corrected chi connectivity index (χ1v) is 15.9. The fourth-order valence-electron chi connectivity index (χ4n) is 4.71. The number of carbonyl (C=O) groups excluding carboxylic acids is 4. The topological polar surface area (TPSA) is 150 Å². The van der Waals surface area contributed by atoms with Crippen molar-refractivity contribution < 1.29 is 29.0 Å². The van der Waals surface area contributed by atoms with Gasteiger partial charge in [0, 0.05) is 30.4 Å². The molecule has 2 heterocycles. The summed E-state index contributed by atoms with van der Waals surface area (Å²) in [6.07, 6.45) is 2.57. The van der Waals surface area contributed by atoms with Gasteiger partial charge < -0.3 is 20.5 Å². The number of rotatable bonds is 12. The lowest BCUT2D eigenvalue weighted by atomic mass is 10.0. The van der Waals surface area contributed by atoms with Gasteiger partial charge in [0.2, 0.25) is 15.6 Å². The summed E-state index contributed by atoms with van der Waals surface area (Å²) in [6, 6.07) is 8.72. The van der Waals surface area contributed by atoms with E-state index < -0.39 is 52.4 Å².